The molecule has 1 N–H and O–H groups in total. The van der Waals surface area contributed by atoms with Crippen molar-refractivity contribution in [1.29, 1.82) is 5.26 Å². The second-order valence-electron chi connectivity index (χ2n) is 6.37. The number of nitrogens with zero attached hydrogens (tertiary/aromatic N) is 5. The van der Waals surface area contributed by atoms with Crippen molar-refractivity contribution in [3.63, 3.8) is 0 Å². The number of nitriles is 1. The normalized spacial score (nSPS) is 11.0. The third kappa shape index (κ3) is 4.83. The Bertz CT molecular complexity index is 1210. The zero-order valence-corrected chi connectivity index (χ0v) is 17.1. The van der Waals surface area contributed by atoms with E-state index in [9.17, 15) is 8.42 Å². The van der Waals surface area contributed by atoms with Crippen LogP contribution in [0.5, 0.6) is 11.6 Å². The Morgan fingerprint density at radius 3 is 2.38 bits per heavy atom. The summed E-state index contributed by atoms with van der Waals surface area (Å²) in [4.78, 5) is 17.1. The molecule has 0 radical (unpaired) electrons. The zero-order valence-electron chi connectivity index (χ0n) is 16.3. The van der Waals surface area contributed by atoms with Gasteiger partial charge >= 0.3 is 0 Å². The smallest absolute Gasteiger partial charge is 0.244 e. The summed E-state index contributed by atoms with van der Waals surface area (Å²) in [5, 5.41) is 9.09. The Labute approximate surface area is 168 Å². The summed E-state index contributed by atoms with van der Waals surface area (Å²) in [5.41, 5.74) is 2.80. The molecular weight excluding hydrogens is 392 g/mol. The molecule has 0 saturated carbocycles. The molecule has 0 unspecified atom stereocenters. The Balaban J connectivity index is 2.12. The van der Waals surface area contributed by atoms with Crippen molar-refractivity contribution in [1.82, 2.24) is 19.9 Å². The Kier molecular flexibility index (Phi) is 5.43. The summed E-state index contributed by atoms with van der Waals surface area (Å²) in [7, 11) is -3.56. The van der Waals surface area contributed by atoms with Crippen molar-refractivity contribution >= 4 is 15.7 Å². The van der Waals surface area contributed by atoms with Crippen LogP contribution >= 0.6 is 0 Å². The molecular formula is C19H18N6O3S. The minimum atomic E-state index is -3.56. The lowest BCUT2D eigenvalue weighted by molar-refractivity contribution is 0.451. The second-order valence-corrected chi connectivity index (χ2v) is 8.12. The highest BCUT2D eigenvalue weighted by atomic mass is 32.2. The third-order valence-electron chi connectivity index (χ3n) is 3.83. The summed E-state index contributed by atoms with van der Waals surface area (Å²) in [6.07, 6.45) is 4.04. The van der Waals surface area contributed by atoms with Crippen LogP contribution in [0, 0.1) is 32.1 Å². The van der Waals surface area contributed by atoms with Gasteiger partial charge in [-0.25, -0.2) is 23.4 Å². The van der Waals surface area contributed by atoms with Gasteiger partial charge in [-0.1, -0.05) is 0 Å². The SMILES string of the molecule is Cc1nc(C)c(Oc2nc(-c3cncc(C#N)c3)ccc2NS(C)(=O)=O)c(C)n1. The van der Waals surface area contributed by atoms with Gasteiger partial charge in [-0.15, -0.1) is 0 Å². The van der Waals surface area contributed by atoms with E-state index in [-0.39, 0.29) is 11.6 Å². The molecule has 9 nitrogen and oxygen atoms in total. The minimum absolute atomic E-state index is 0.0361. The van der Waals surface area contributed by atoms with Crippen molar-refractivity contribution in [3.05, 3.63) is 53.4 Å². The highest BCUT2D eigenvalue weighted by Crippen LogP contribution is 2.33. The van der Waals surface area contributed by atoms with Gasteiger partial charge in [0.25, 0.3) is 0 Å². The molecule has 3 rings (SSSR count). The fourth-order valence-electron chi connectivity index (χ4n) is 2.72. The van der Waals surface area contributed by atoms with Gasteiger partial charge in [-0.2, -0.15) is 5.26 Å². The van der Waals surface area contributed by atoms with Crippen molar-refractivity contribution in [3.8, 4) is 29.0 Å². The van der Waals surface area contributed by atoms with E-state index >= 15 is 0 Å². The molecule has 0 aliphatic carbocycles. The van der Waals surface area contributed by atoms with Gasteiger partial charge in [0.2, 0.25) is 15.9 Å². The topological polar surface area (TPSA) is 131 Å². The van der Waals surface area contributed by atoms with Crippen LogP contribution in [-0.2, 0) is 10.0 Å². The quantitative estimate of drug-likeness (QED) is 0.679. The fraction of sp³-hybridized carbons (Fsp3) is 0.211. The van der Waals surface area contributed by atoms with E-state index in [2.05, 4.69) is 24.7 Å². The number of sulfonamides is 1. The van der Waals surface area contributed by atoms with Crippen LogP contribution in [0.1, 0.15) is 22.8 Å². The van der Waals surface area contributed by atoms with Crippen molar-refractivity contribution in [2.24, 2.45) is 0 Å². The van der Waals surface area contributed by atoms with Gasteiger partial charge < -0.3 is 4.74 Å². The van der Waals surface area contributed by atoms with E-state index < -0.39 is 10.0 Å². The molecule has 0 amide bonds. The molecule has 0 aromatic carbocycles. The van der Waals surface area contributed by atoms with E-state index in [0.29, 0.717) is 39.8 Å². The lowest BCUT2D eigenvalue weighted by Gasteiger charge is -2.15. The highest BCUT2D eigenvalue weighted by molar-refractivity contribution is 7.92. The van der Waals surface area contributed by atoms with Crippen LogP contribution in [-0.4, -0.2) is 34.6 Å². The van der Waals surface area contributed by atoms with Gasteiger partial charge in [0.15, 0.2) is 5.75 Å². The van der Waals surface area contributed by atoms with Crippen LogP contribution in [0.15, 0.2) is 30.6 Å². The largest absolute Gasteiger partial charge is 0.433 e. The molecule has 3 aromatic rings. The number of aromatic nitrogens is 4. The maximum absolute atomic E-state index is 11.8. The first-order valence-electron chi connectivity index (χ1n) is 8.50. The maximum Gasteiger partial charge on any atom is 0.244 e. The second kappa shape index (κ2) is 7.81. The third-order valence-corrected chi connectivity index (χ3v) is 4.42. The van der Waals surface area contributed by atoms with E-state index in [1.807, 2.05) is 6.07 Å². The predicted molar refractivity (Wildman–Crippen MR) is 107 cm³/mol. The number of hydrogen-bond acceptors (Lipinski definition) is 8. The first kappa shape index (κ1) is 20.2. The number of hydrogen-bond donors (Lipinski definition) is 1. The highest BCUT2D eigenvalue weighted by Gasteiger charge is 2.17. The molecule has 3 heterocycles. The lowest BCUT2D eigenvalue weighted by atomic mass is 10.1. The first-order chi connectivity index (χ1) is 13.7. The average Bonchev–Trinajstić information content (AvgIpc) is 2.64. The summed E-state index contributed by atoms with van der Waals surface area (Å²) >= 11 is 0. The molecule has 3 aromatic heterocycles. The number of ether oxygens (including phenoxy) is 1. The van der Waals surface area contributed by atoms with Gasteiger partial charge in [0.1, 0.15) is 17.6 Å². The van der Waals surface area contributed by atoms with Crippen LogP contribution in [0.25, 0.3) is 11.3 Å². The van der Waals surface area contributed by atoms with Gasteiger partial charge in [-0.05, 0) is 39.0 Å². The molecule has 0 aliphatic rings. The first-order valence-corrected chi connectivity index (χ1v) is 10.4. The lowest BCUT2D eigenvalue weighted by Crippen LogP contribution is -2.11. The number of nitrogens with one attached hydrogen (secondary N) is 1. The monoisotopic (exact) mass is 410 g/mol. The van der Waals surface area contributed by atoms with Gasteiger partial charge in [0.05, 0.1) is 28.9 Å². The number of rotatable bonds is 5. The molecule has 0 saturated heterocycles. The molecule has 0 fully saturated rings. The maximum atomic E-state index is 11.8. The van der Waals surface area contributed by atoms with Crippen LogP contribution < -0.4 is 9.46 Å². The summed E-state index contributed by atoms with van der Waals surface area (Å²) in [5.74, 6) is 1.03. The standard InChI is InChI=1S/C19H18N6O3S/c1-11-18(12(2)23-13(3)22-11)28-19-17(25-29(4,26)27)6-5-16(24-19)15-7-14(8-20)9-21-10-15/h5-7,9-10,25H,1-4H3. The average molecular weight is 410 g/mol. The Morgan fingerprint density at radius 2 is 1.76 bits per heavy atom. The summed E-state index contributed by atoms with van der Waals surface area (Å²) in [6, 6.07) is 6.81. The van der Waals surface area contributed by atoms with E-state index in [1.165, 1.54) is 12.3 Å². The van der Waals surface area contributed by atoms with E-state index in [4.69, 9.17) is 10.00 Å². The minimum Gasteiger partial charge on any atom is -0.433 e. The summed E-state index contributed by atoms with van der Waals surface area (Å²) < 4.78 is 31.9. The predicted octanol–water partition coefficient (Wildman–Crippen LogP) is 2.89. The van der Waals surface area contributed by atoms with Gasteiger partial charge in [0, 0.05) is 18.0 Å². The molecule has 10 heteroatoms. The van der Waals surface area contributed by atoms with Crippen LogP contribution in [0.3, 0.4) is 0 Å². The number of anilines is 1. The van der Waals surface area contributed by atoms with Crippen LogP contribution in [0.2, 0.25) is 0 Å². The Morgan fingerprint density at radius 1 is 1.07 bits per heavy atom. The Hall–Kier alpha value is -3.58. The van der Waals surface area contributed by atoms with Gasteiger partial charge in [-0.3, -0.25) is 9.71 Å². The molecule has 0 aliphatic heterocycles. The van der Waals surface area contributed by atoms with E-state index in [0.717, 1.165) is 6.26 Å². The molecule has 29 heavy (non-hydrogen) atoms. The molecule has 0 atom stereocenters. The zero-order chi connectivity index (χ0) is 21.2. The number of aryl methyl sites for hydroxylation is 3. The summed E-state index contributed by atoms with van der Waals surface area (Å²) in [6.45, 7) is 5.31. The van der Waals surface area contributed by atoms with E-state index in [1.54, 1.807) is 39.1 Å². The molecule has 0 bridgehead atoms. The number of pyridine rings is 2. The van der Waals surface area contributed by atoms with Crippen LogP contribution in [0.4, 0.5) is 5.69 Å². The molecule has 148 valence electrons. The van der Waals surface area contributed by atoms with Crippen molar-refractivity contribution < 1.29 is 13.2 Å². The van der Waals surface area contributed by atoms with Crippen molar-refractivity contribution in [2.75, 3.05) is 11.0 Å². The molecule has 0 spiro atoms. The fourth-order valence-corrected chi connectivity index (χ4v) is 3.27. The van der Waals surface area contributed by atoms with Crippen molar-refractivity contribution in [2.45, 2.75) is 20.8 Å².